The Balaban J connectivity index is 0.00000225. The number of nitrogens with two attached hydrogens (primary N) is 1. The molecule has 1 fully saturated rings. The van der Waals surface area contributed by atoms with Crippen LogP contribution in [0.25, 0.3) is 11.5 Å². The van der Waals surface area contributed by atoms with Crippen LogP contribution in [0.4, 0.5) is 0 Å². The summed E-state index contributed by atoms with van der Waals surface area (Å²) in [5, 5.41) is 3.84. The molecule has 1 aliphatic rings. The number of methoxy groups -OCH3 is 1. The Labute approximate surface area is 152 Å². The van der Waals surface area contributed by atoms with Crippen molar-refractivity contribution < 1.29 is 14.1 Å². The van der Waals surface area contributed by atoms with Crippen LogP contribution in [0, 0.1) is 5.41 Å². The van der Waals surface area contributed by atoms with E-state index in [4.69, 9.17) is 15.0 Å². The van der Waals surface area contributed by atoms with E-state index < -0.39 is 0 Å². The van der Waals surface area contributed by atoms with Crippen LogP contribution in [-0.4, -0.2) is 47.2 Å². The summed E-state index contributed by atoms with van der Waals surface area (Å²) in [5.41, 5.74) is 6.70. The molecule has 0 bridgehead atoms. The van der Waals surface area contributed by atoms with E-state index in [9.17, 15) is 4.79 Å². The van der Waals surface area contributed by atoms with Crippen molar-refractivity contribution in [3.05, 3.63) is 30.1 Å². The van der Waals surface area contributed by atoms with Crippen LogP contribution in [0.5, 0.6) is 5.75 Å². The van der Waals surface area contributed by atoms with Crippen molar-refractivity contribution in [3.8, 4) is 17.2 Å². The van der Waals surface area contributed by atoms with Crippen molar-refractivity contribution in [1.82, 2.24) is 15.0 Å². The molecule has 0 aliphatic carbocycles. The van der Waals surface area contributed by atoms with Gasteiger partial charge in [-0.3, -0.25) is 4.79 Å². The number of benzene rings is 1. The first kappa shape index (κ1) is 19.2. The Morgan fingerprint density at radius 2 is 2.20 bits per heavy atom. The highest BCUT2D eigenvalue weighted by Gasteiger charge is 2.36. The number of rotatable bonds is 3. The zero-order chi connectivity index (χ0) is 17.3. The van der Waals surface area contributed by atoms with Crippen molar-refractivity contribution in [1.29, 1.82) is 0 Å². The van der Waals surface area contributed by atoms with E-state index >= 15 is 0 Å². The van der Waals surface area contributed by atoms with Gasteiger partial charge in [0, 0.05) is 24.7 Å². The molecular weight excluding hydrogens is 344 g/mol. The fourth-order valence-corrected chi connectivity index (χ4v) is 2.87. The van der Waals surface area contributed by atoms with Crippen LogP contribution in [0.15, 0.2) is 28.8 Å². The van der Waals surface area contributed by atoms with Gasteiger partial charge in [0.25, 0.3) is 17.6 Å². The lowest BCUT2D eigenvalue weighted by molar-refractivity contribution is 0.0518. The highest BCUT2D eigenvalue weighted by Crippen LogP contribution is 2.29. The molecule has 1 amide bonds. The Kier molecular flexibility index (Phi) is 5.69. The van der Waals surface area contributed by atoms with E-state index in [1.165, 1.54) is 0 Å². The normalized spacial score (nSPS) is 19.2. The van der Waals surface area contributed by atoms with Crippen molar-refractivity contribution in [2.45, 2.75) is 26.3 Å². The third-order valence-corrected chi connectivity index (χ3v) is 4.53. The van der Waals surface area contributed by atoms with Gasteiger partial charge in [-0.05, 0) is 30.0 Å². The van der Waals surface area contributed by atoms with Crippen molar-refractivity contribution in [2.24, 2.45) is 11.1 Å². The van der Waals surface area contributed by atoms with Gasteiger partial charge in [-0.25, -0.2) is 0 Å². The predicted octanol–water partition coefficient (Wildman–Crippen LogP) is 2.37. The Hall–Kier alpha value is -2.12. The molecule has 3 rings (SSSR count). The van der Waals surface area contributed by atoms with E-state index in [1.54, 1.807) is 18.1 Å². The topological polar surface area (TPSA) is 94.5 Å². The minimum absolute atomic E-state index is 0. The van der Waals surface area contributed by atoms with Crippen LogP contribution in [0.1, 0.15) is 30.9 Å². The summed E-state index contributed by atoms with van der Waals surface area (Å²) in [6.07, 6.45) is 0.763. The zero-order valence-corrected chi connectivity index (χ0v) is 15.4. The molecule has 1 unspecified atom stereocenters. The summed E-state index contributed by atoms with van der Waals surface area (Å²) in [5.74, 6) is 0.822. The third-order valence-electron chi connectivity index (χ3n) is 4.53. The Morgan fingerprint density at radius 3 is 2.88 bits per heavy atom. The van der Waals surface area contributed by atoms with Gasteiger partial charge in [0.1, 0.15) is 5.75 Å². The highest BCUT2D eigenvalue weighted by molar-refractivity contribution is 5.90. The van der Waals surface area contributed by atoms with Crippen LogP contribution < -0.4 is 10.5 Å². The number of halogens is 1. The maximum absolute atomic E-state index is 12.6. The van der Waals surface area contributed by atoms with E-state index in [0.717, 1.165) is 6.42 Å². The first-order valence-corrected chi connectivity index (χ1v) is 7.94. The van der Waals surface area contributed by atoms with Crippen molar-refractivity contribution in [2.75, 3.05) is 20.2 Å². The largest absolute Gasteiger partial charge is 0.497 e. The van der Waals surface area contributed by atoms with E-state index in [0.29, 0.717) is 30.3 Å². The van der Waals surface area contributed by atoms with E-state index in [1.807, 2.05) is 18.2 Å². The van der Waals surface area contributed by atoms with E-state index in [-0.39, 0.29) is 35.6 Å². The quantitative estimate of drug-likeness (QED) is 0.896. The Morgan fingerprint density at radius 1 is 1.44 bits per heavy atom. The number of likely N-dealkylation sites (tertiary alicyclic amines) is 1. The number of carbonyl (C=O) groups excluding carboxylic acids is 1. The third kappa shape index (κ3) is 3.93. The number of aromatic nitrogens is 2. The summed E-state index contributed by atoms with van der Waals surface area (Å²) in [6.45, 7) is 5.31. The van der Waals surface area contributed by atoms with Crippen LogP contribution >= 0.6 is 12.4 Å². The molecule has 1 aromatic carbocycles. The summed E-state index contributed by atoms with van der Waals surface area (Å²) in [6, 6.07) is 7.34. The van der Waals surface area contributed by atoms with Crippen molar-refractivity contribution in [3.63, 3.8) is 0 Å². The first-order chi connectivity index (χ1) is 11.4. The van der Waals surface area contributed by atoms with Crippen LogP contribution in [0.2, 0.25) is 0 Å². The van der Waals surface area contributed by atoms with E-state index in [2.05, 4.69) is 24.0 Å². The second kappa shape index (κ2) is 7.41. The van der Waals surface area contributed by atoms with Gasteiger partial charge in [-0.15, -0.1) is 12.4 Å². The molecule has 1 aliphatic heterocycles. The maximum atomic E-state index is 12.6. The number of hydrogen-bond acceptors (Lipinski definition) is 6. The summed E-state index contributed by atoms with van der Waals surface area (Å²) in [4.78, 5) is 18.6. The van der Waals surface area contributed by atoms with Gasteiger partial charge < -0.3 is 19.9 Å². The minimum Gasteiger partial charge on any atom is -0.497 e. The molecule has 25 heavy (non-hydrogen) atoms. The standard InChI is InChI=1S/C17H22N4O3.ClH/c1-17(2)10-21(8-7-13(17)18)16(22)14-19-15(24-20-14)11-5-4-6-12(9-11)23-3;/h4-6,9,13H,7-8,10,18H2,1-3H3;1H. The lowest BCUT2D eigenvalue weighted by atomic mass is 9.79. The number of ether oxygens (including phenoxy) is 1. The second-order valence-electron chi connectivity index (χ2n) is 6.77. The number of piperidine rings is 1. The molecule has 0 spiro atoms. The molecular formula is C17H23ClN4O3. The minimum atomic E-state index is -0.229. The summed E-state index contributed by atoms with van der Waals surface area (Å²) < 4.78 is 10.4. The molecule has 2 aromatic rings. The lowest BCUT2D eigenvalue weighted by Crippen LogP contribution is -2.54. The number of nitrogens with zero attached hydrogens (tertiary/aromatic N) is 3. The number of hydrogen-bond donors (Lipinski definition) is 1. The maximum Gasteiger partial charge on any atom is 0.295 e. The van der Waals surface area contributed by atoms with Crippen molar-refractivity contribution >= 4 is 18.3 Å². The Bertz CT molecular complexity index is 747. The van der Waals surface area contributed by atoms with Gasteiger partial charge in [0.15, 0.2) is 0 Å². The number of carbonyl (C=O) groups is 1. The second-order valence-corrected chi connectivity index (χ2v) is 6.77. The molecule has 2 N–H and O–H groups in total. The van der Waals surface area contributed by atoms with Crippen LogP contribution in [-0.2, 0) is 0 Å². The first-order valence-electron chi connectivity index (χ1n) is 7.94. The molecule has 8 heteroatoms. The van der Waals surface area contributed by atoms with Gasteiger partial charge in [0.2, 0.25) is 0 Å². The molecule has 1 saturated heterocycles. The predicted molar refractivity (Wildman–Crippen MR) is 95.8 cm³/mol. The monoisotopic (exact) mass is 366 g/mol. The molecule has 1 atom stereocenters. The molecule has 7 nitrogen and oxygen atoms in total. The smallest absolute Gasteiger partial charge is 0.295 e. The molecule has 2 heterocycles. The fraction of sp³-hybridized carbons (Fsp3) is 0.471. The summed E-state index contributed by atoms with van der Waals surface area (Å²) in [7, 11) is 1.59. The van der Waals surface area contributed by atoms with Gasteiger partial charge in [-0.1, -0.05) is 25.1 Å². The zero-order valence-electron chi connectivity index (χ0n) is 14.6. The van der Waals surface area contributed by atoms with Gasteiger partial charge in [0.05, 0.1) is 7.11 Å². The molecule has 0 radical (unpaired) electrons. The number of amides is 1. The highest BCUT2D eigenvalue weighted by atomic mass is 35.5. The lowest BCUT2D eigenvalue weighted by Gasteiger charge is -2.42. The average Bonchev–Trinajstić information content (AvgIpc) is 3.06. The average molecular weight is 367 g/mol. The summed E-state index contributed by atoms with van der Waals surface area (Å²) >= 11 is 0. The molecule has 0 saturated carbocycles. The molecule has 136 valence electrons. The van der Waals surface area contributed by atoms with Gasteiger partial charge in [-0.2, -0.15) is 4.98 Å². The molecule has 1 aromatic heterocycles. The van der Waals surface area contributed by atoms with Gasteiger partial charge >= 0.3 is 0 Å². The SMILES string of the molecule is COc1cccc(-c2nc(C(=O)N3CCC(N)C(C)(C)C3)no2)c1.Cl. The fourth-order valence-electron chi connectivity index (χ4n) is 2.87. The van der Waals surface area contributed by atoms with Crippen LogP contribution in [0.3, 0.4) is 0 Å².